The van der Waals surface area contributed by atoms with E-state index < -0.39 is 0 Å². The van der Waals surface area contributed by atoms with Crippen molar-refractivity contribution in [1.29, 1.82) is 0 Å². The molecule has 2 amide bonds. The zero-order valence-electron chi connectivity index (χ0n) is 15.4. The normalized spacial score (nSPS) is 15.4. The van der Waals surface area contributed by atoms with Crippen LogP contribution in [0.15, 0.2) is 4.52 Å². The Morgan fingerprint density at radius 1 is 1.24 bits per heavy atom. The number of aromatic nitrogens is 2. The number of hydrogen-bond donors (Lipinski definition) is 1. The van der Waals surface area contributed by atoms with E-state index in [0.717, 1.165) is 38.6 Å². The highest BCUT2D eigenvalue weighted by Gasteiger charge is 2.26. The molecule has 0 aromatic carbocycles. The summed E-state index contributed by atoms with van der Waals surface area (Å²) in [5, 5.41) is 6.76. The summed E-state index contributed by atoms with van der Waals surface area (Å²) in [6.07, 6.45) is 6.68. The number of nitrogens with one attached hydrogen (secondary N) is 1. The molecule has 7 heteroatoms. The number of carbonyl (C=O) groups excluding carboxylic acids is 2. The quantitative estimate of drug-likeness (QED) is 0.690. The lowest BCUT2D eigenvalue weighted by atomic mass is 9.95. The van der Waals surface area contributed by atoms with E-state index >= 15 is 0 Å². The van der Waals surface area contributed by atoms with E-state index in [-0.39, 0.29) is 17.7 Å². The summed E-state index contributed by atoms with van der Waals surface area (Å²) in [6, 6.07) is 0. The second-order valence-corrected chi connectivity index (χ2v) is 6.74. The van der Waals surface area contributed by atoms with Gasteiger partial charge in [0.1, 0.15) is 0 Å². The van der Waals surface area contributed by atoms with Crippen LogP contribution in [-0.2, 0) is 16.0 Å². The molecule has 0 unspecified atom stereocenters. The van der Waals surface area contributed by atoms with Crippen LogP contribution in [0.1, 0.15) is 63.6 Å². The van der Waals surface area contributed by atoms with Crippen LogP contribution in [0, 0.1) is 12.8 Å². The van der Waals surface area contributed by atoms with Crippen molar-refractivity contribution in [3.63, 3.8) is 0 Å². The Balaban J connectivity index is 1.61. The summed E-state index contributed by atoms with van der Waals surface area (Å²) < 4.78 is 5.05. The molecule has 0 radical (unpaired) electrons. The maximum Gasteiger partial charge on any atom is 0.226 e. The predicted octanol–water partition coefficient (Wildman–Crippen LogP) is 2.25. The van der Waals surface area contributed by atoms with Crippen LogP contribution in [0.25, 0.3) is 0 Å². The lowest BCUT2D eigenvalue weighted by Crippen LogP contribution is -2.43. The van der Waals surface area contributed by atoms with Gasteiger partial charge in [0, 0.05) is 38.4 Å². The summed E-state index contributed by atoms with van der Waals surface area (Å²) in [5.41, 5.74) is 0. The van der Waals surface area contributed by atoms with E-state index in [0.29, 0.717) is 44.1 Å². The summed E-state index contributed by atoms with van der Waals surface area (Å²) in [4.78, 5) is 30.4. The summed E-state index contributed by atoms with van der Waals surface area (Å²) >= 11 is 0. The Hall–Kier alpha value is -1.92. The molecule has 25 heavy (non-hydrogen) atoms. The topological polar surface area (TPSA) is 88.3 Å². The Bertz CT molecular complexity index is 550. The maximum absolute atomic E-state index is 12.3. The van der Waals surface area contributed by atoms with E-state index in [1.54, 1.807) is 6.92 Å². The summed E-state index contributed by atoms with van der Waals surface area (Å²) in [5.74, 6) is 1.56. The number of hydrogen-bond acceptors (Lipinski definition) is 5. The third-order valence-electron chi connectivity index (χ3n) is 4.65. The molecule has 7 nitrogen and oxygen atoms in total. The van der Waals surface area contributed by atoms with Gasteiger partial charge in [-0.25, -0.2) is 0 Å². The molecule has 1 saturated heterocycles. The third kappa shape index (κ3) is 6.48. The van der Waals surface area contributed by atoms with Crippen LogP contribution in [0.4, 0.5) is 0 Å². The van der Waals surface area contributed by atoms with E-state index in [2.05, 4.69) is 22.4 Å². The van der Waals surface area contributed by atoms with Crippen LogP contribution in [0.3, 0.4) is 0 Å². The number of aryl methyl sites for hydroxylation is 2. The van der Waals surface area contributed by atoms with Gasteiger partial charge in [-0.3, -0.25) is 9.59 Å². The van der Waals surface area contributed by atoms with Gasteiger partial charge in [0.25, 0.3) is 0 Å². The molecule has 1 aromatic heterocycles. The number of rotatable bonds is 9. The fourth-order valence-corrected chi connectivity index (χ4v) is 3.11. The minimum atomic E-state index is 0.0482. The highest BCUT2D eigenvalue weighted by Crippen LogP contribution is 2.18. The van der Waals surface area contributed by atoms with Crippen LogP contribution in [-0.4, -0.2) is 46.5 Å². The standard InChI is InChI=1S/C18H30N4O3/c1-3-4-5-11-19-18(24)15-9-12-22(13-10-15)17(23)8-6-7-16-20-14(2)21-25-16/h15H,3-13H2,1-2H3,(H,19,24). The molecular formula is C18H30N4O3. The first-order valence-electron chi connectivity index (χ1n) is 9.44. The number of carbonyl (C=O) groups is 2. The SMILES string of the molecule is CCCCCNC(=O)C1CCN(C(=O)CCCc2nc(C)no2)CC1. The third-order valence-corrected chi connectivity index (χ3v) is 4.65. The zero-order chi connectivity index (χ0) is 18.1. The van der Waals surface area contributed by atoms with E-state index in [9.17, 15) is 9.59 Å². The second kappa shape index (κ2) is 10.2. The molecule has 2 heterocycles. The molecule has 0 spiro atoms. The monoisotopic (exact) mass is 350 g/mol. The second-order valence-electron chi connectivity index (χ2n) is 6.74. The smallest absolute Gasteiger partial charge is 0.226 e. The van der Waals surface area contributed by atoms with Gasteiger partial charge in [0.2, 0.25) is 17.7 Å². The Morgan fingerprint density at radius 3 is 2.64 bits per heavy atom. The highest BCUT2D eigenvalue weighted by molar-refractivity contribution is 5.80. The molecule has 2 rings (SSSR count). The van der Waals surface area contributed by atoms with Crippen molar-refractivity contribution < 1.29 is 14.1 Å². The lowest BCUT2D eigenvalue weighted by Gasteiger charge is -2.31. The minimum Gasteiger partial charge on any atom is -0.356 e. The van der Waals surface area contributed by atoms with E-state index in [4.69, 9.17) is 4.52 Å². The van der Waals surface area contributed by atoms with Gasteiger partial charge in [-0.2, -0.15) is 4.98 Å². The molecule has 0 bridgehead atoms. The van der Waals surface area contributed by atoms with Gasteiger partial charge in [-0.05, 0) is 32.6 Å². The maximum atomic E-state index is 12.3. The van der Waals surface area contributed by atoms with Crippen molar-refractivity contribution in [1.82, 2.24) is 20.4 Å². The largest absolute Gasteiger partial charge is 0.356 e. The molecule has 1 N–H and O–H groups in total. The van der Waals surface area contributed by atoms with Crippen molar-refractivity contribution in [3.05, 3.63) is 11.7 Å². The van der Waals surface area contributed by atoms with Gasteiger partial charge in [-0.15, -0.1) is 0 Å². The van der Waals surface area contributed by atoms with Gasteiger partial charge < -0.3 is 14.7 Å². The lowest BCUT2D eigenvalue weighted by molar-refractivity contribution is -0.135. The Labute approximate surface area is 149 Å². The van der Waals surface area contributed by atoms with Crippen molar-refractivity contribution >= 4 is 11.8 Å². The van der Waals surface area contributed by atoms with Crippen LogP contribution in [0.2, 0.25) is 0 Å². The van der Waals surface area contributed by atoms with Gasteiger partial charge in [0.15, 0.2) is 5.82 Å². The number of unbranched alkanes of at least 4 members (excludes halogenated alkanes) is 2. The zero-order valence-corrected chi connectivity index (χ0v) is 15.4. The first kappa shape index (κ1) is 19.4. The summed E-state index contributed by atoms with van der Waals surface area (Å²) in [6.45, 7) is 6.04. The number of piperidine rings is 1. The van der Waals surface area contributed by atoms with Crippen molar-refractivity contribution in [2.45, 2.75) is 65.2 Å². The molecule has 0 aliphatic carbocycles. The van der Waals surface area contributed by atoms with Crippen molar-refractivity contribution in [3.8, 4) is 0 Å². The van der Waals surface area contributed by atoms with Crippen molar-refractivity contribution in [2.24, 2.45) is 5.92 Å². The van der Waals surface area contributed by atoms with Gasteiger partial charge in [0.05, 0.1) is 0 Å². The molecule has 0 atom stereocenters. The molecule has 0 saturated carbocycles. The Kier molecular flexibility index (Phi) is 7.88. The fraction of sp³-hybridized carbons (Fsp3) is 0.778. The fourth-order valence-electron chi connectivity index (χ4n) is 3.11. The molecule has 140 valence electrons. The number of nitrogens with zero attached hydrogens (tertiary/aromatic N) is 3. The number of likely N-dealkylation sites (tertiary alicyclic amines) is 1. The van der Waals surface area contributed by atoms with Gasteiger partial charge in [-0.1, -0.05) is 24.9 Å². The average molecular weight is 350 g/mol. The van der Waals surface area contributed by atoms with Gasteiger partial charge >= 0.3 is 0 Å². The summed E-state index contributed by atoms with van der Waals surface area (Å²) in [7, 11) is 0. The minimum absolute atomic E-state index is 0.0482. The Morgan fingerprint density at radius 2 is 2.00 bits per heavy atom. The van der Waals surface area contributed by atoms with E-state index in [1.807, 2.05) is 4.90 Å². The highest BCUT2D eigenvalue weighted by atomic mass is 16.5. The molecular weight excluding hydrogens is 320 g/mol. The molecule has 1 fully saturated rings. The van der Waals surface area contributed by atoms with Crippen LogP contribution in [0.5, 0.6) is 0 Å². The molecule has 1 aliphatic rings. The first-order valence-corrected chi connectivity index (χ1v) is 9.44. The van der Waals surface area contributed by atoms with Crippen molar-refractivity contribution in [2.75, 3.05) is 19.6 Å². The molecule has 1 aromatic rings. The average Bonchev–Trinajstić information content (AvgIpc) is 3.04. The molecule has 1 aliphatic heterocycles. The van der Waals surface area contributed by atoms with Crippen LogP contribution < -0.4 is 5.32 Å². The number of amides is 2. The van der Waals surface area contributed by atoms with E-state index in [1.165, 1.54) is 0 Å². The van der Waals surface area contributed by atoms with Crippen LogP contribution >= 0.6 is 0 Å². The predicted molar refractivity (Wildman–Crippen MR) is 93.8 cm³/mol. The first-order chi connectivity index (χ1) is 12.1.